The van der Waals surface area contributed by atoms with E-state index in [0.29, 0.717) is 6.61 Å². The molecular weight excluding hydrogens is 344 g/mol. The molecule has 0 saturated carbocycles. The number of hydrogen-bond acceptors (Lipinski definition) is 4. The van der Waals surface area contributed by atoms with Gasteiger partial charge >= 0.3 is 0 Å². The number of ether oxygens (including phenoxy) is 2. The van der Waals surface area contributed by atoms with Gasteiger partial charge in [0.05, 0.1) is 13.2 Å². The number of aryl methyl sites for hydroxylation is 3. The molecule has 0 aliphatic heterocycles. The number of carbonyl (C=O) groups is 2. The van der Waals surface area contributed by atoms with E-state index in [2.05, 4.69) is 10.6 Å². The summed E-state index contributed by atoms with van der Waals surface area (Å²) in [6, 6.07) is 13.4. The highest BCUT2D eigenvalue weighted by molar-refractivity contribution is 5.95. The third-order valence-corrected chi connectivity index (χ3v) is 3.86. The molecular formula is C21H26N2O4. The van der Waals surface area contributed by atoms with Crippen LogP contribution in [0.2, 0.25) is 0 Å². The van der Waals surface area contributed by atoms with Gasteiger partial charge in [-0.3, -0.25) is 9.59 Å². The van der Waals surface area contributed by atoms with Crippen LogP contribution in [0.25, 0.3) is 0 Å². The van der Waals surface area contributed by atoms with Crippen molar-refractivity contribution in [3.63, 3.8) is 0 Å². The van der Waals surface area contributed by atoms with E-state index < -0.39 is 0 Å². The Balaban J connectivity index is 1.63. The number of carbonyl (C=O) groups excluding carboxylic acids is 2. The zero-order valence-corrected chi connectivity index (χ0v) is 16.0. The first-order valence-electron chi connectivity index (χ1n) is 8.85. The van der Waals surface area contributed by atoms with Gasteiger partial charge in [-0.1, -0.05) is 35.9 Å². The second-order valence-corrected chi connectivity index (χ2v) is 6.31. The van der Waals surface area contributed by atoms with Gasteiger partial charge < -0.3 is 20.1 Å². The maximum absolute atomic E-state index is 12.1. The van der Waals surface area contributed by atoms with Crippen molar-refractivity contribution in [2.45, 2.75) is 20.8 Å². The summed E-state index contributed by atoms with van der Waals surface area (Å²) in [6.45, 7) is 6.32. The average molecular weight is 370 g/mol. The van der Waals surface area contributed by atoms with Gasteiger partial charge in [0.25, 0.3) is 0 Å². The van der Waals surface area contributed by atoms with E-state index in [1.54, 1.807) is 0 Å². The molecule has 0 saturated heterocycles. The summed E-state index contributed by atoms with van der Waals surface area (Å²) in [7, 11) is 0. The molecule has 0 aliphatic rings. The van der Waals surface area contributed by atoms with Gasteiger partial charge in [-0.2, -0.15) is 0 Å². The minimum Gasteiger partial charge on any atom is -0.491 e. The van der Waals surface area contributed by atoms with E-state index in [4.69, 9.17) is 9.47 Å². The third-order valence-electron chi connectivity index (χ3n) is 3.86. The Kier molecular flexibility index (Phi) is 7.82. The van der Waals surface area contributed by atoms with Gasteiger partial charge in [0.1, 0.15) is 19.0 Å². The summed E-state index contributed by atoms with van der Waals surface area (Å²) >= 11 is 0. The molecule has 0 fully saturated rings. The second kappa shape index (κ2) is 10.3. The largest absolute Gasteiger partial charge is 0.491 e. The van der Waals surface area contributed by atoms with E-state index >= 15 is 0 Å². The van der Waals surface area contributed by atoms with E-state index in [0.717, 1.165) is 28.1 Å². The Morgan fingerprint density at radius 2 is 1.59 bits per heavy atom. The van der Waals surface area contributed by atoms with Crippen LogP contribution in [0.1, 0.15) is 16.7 Å². The predicted octanol–water partition coefficient (Wildman–Crippen LogP) is 2.76. The Hall–Kier alpha value is -2.86. The first-order chi connectivity index (χ1) is 13.0. The van der Waals surface area contributed by atoms with Crippen LogP contribution < -0.4 is 15.4 Å². The smallest absolute Gasteiger partial charge is 0.246 e. The molecule has 0 unspecified atom stereocenters. The zero-order chi connectivity index (χ0) is 19.6. The number of nitrogens with one attached hydrogen (secondary N) is 2. The zero-order valence-electron chi connectivity index (χ0n) is 16.0. The lowest BCUT2D eigenvalue weighted by Gasteiger charge is -2.13. The standard InChI is InChI=1S/C21H26N2O4/c1-15-11-16(2)21(17(3)12-15)23-19(24)13-22-20(25)14-26-9-10-27-18-7-5-4-6-8-18/h4-8,11-12H,9-10,13-14H2,1-3H3,(H,22,25)(H,23,24). The fourth-order valence-corrected chi connectivity index (χ4v) is 2.69. The van der Waals surface area contributed by atoms with E-state index in [9.17, 15) is 9.59 Å². The van der Waals surface area contributed by atoms with Crippen LogP contribution >= 0.6 is 0 Å². The molecule has 2 N–H and O–H groups in total. The maximum Gasteiger partial charge on any atom is 0.246 e. The highest BCUT2D eigenvalue weighted by Gasteiger charge is 2.10. The van der Waals surface area contributed by atoms with Gasteiger partial charge in [-0.25, -0.2) is 0 Å². The lowest BCUT2D eigenvalue weighted by atomic mass is 10.1. The highest BCUT2D eigenvalue weighted by atomic mass is 16.5. The van der Waals surface area contributed by atoms with Gasteiger partial charge in [0.15, 0.2) is 0 Å². The molecule has 2 aromatic rings. The number of rotatable bonds is 9. The van der Waals surface area contributed by atoms with Crippen LogP contribution in [-0.4, -0.2) is 38.2 Å². The van der Waals surface area contributed by atoms with Crippen LogP contribution in [0.5, 0.6) is 5.75 Å². The second-order valence-electron chi connectivity index (χ2n) is 6.31. The number of para-hydroxylation sites is 1. The quantitative estimate of drug-likeness (QED) is 0.666. The minimum atomic E-state index is -0.345. The molecule has 144 valence electrons. The summed E-state index contributed by atoms with van der Waals surface area (Å²) in [4.78, 5) is 23.8. The van der Waals surface area contributed by atoms with Crippen LogP contribution in [0.4, 0.5) is 5.69 Å². The molecule has 2 amide bonds. The molecule has 0 bridgehead atoms. The van der Waals surface area contributed by atoms with Crippen LogP contribution in [0.15, 0.2) is 42.5 Å². The normalized spacial score (nSPS) is 10.3. The molecule has 0 atom stereocenters. The molecule has 27 heavy (non-hydrogen) atoms. The van der Waals surface area contributed by atoms with Crippen molar-refractivity contribution in [2.24, 2.45) is 0 Å². The lowest BCUT2D eigenvalue weighted by molar-refractivity contribution is -0.128. The van der Waals surface area contributed by atoms with Crippen molar-refractivity contribution in [3.8, 4) is 5.75 Å². The average Bonchev–Trinajstić information content (AvgIpc) is 2.63. The van der Waals surface area contributed by atoms with Crippen molar-refractivity contribution in [2.75, 3.05) is 31.7 Å². The van der Waals surface area contributed by atoms with Crippen molar-refractivity contribution in [1.29, 1.82) is 0 Å². The van der Waals surface area contributed by atoms with Gasteiger partial charge in [0.2, 0.25) is 11.8 Å². The summed E-state index contributed by atoms with van der Waals surface area (Å²) in [5.41, 5.74) is 3.92. The first kappa shape index (κ1) is 20.5. The molecule has 0 aliphatic carbocycles. The van der Waals surface area contributed by atoms with E-state index in [1.807, 2.05) is 63.2 Å². The van der Waals surface area contributed by atoms with E-state index in [1.165, 1.54) is 0 Å². The summed E-state index contributed by atoms with van der Waals surface area (Å²) in [5.74, 6) is 0.136. The summed E-state index contributed by atoms with van der Waals surface area (Å²) < 4.78 is 10.7. The van der Waals surface area contributed by atoms with Gasteiger partial charge in [-0.05, 0) is 44.0 Å². The van der Waals surface area contributed by atoms with Crippen LogP contribution in [-0.2, 0) is 14.3 Å². The lowest BCUT2D eigenvalue weighted by Crippen LogP contribution is -2.35. The Bertz CT molecular complexity index is 752. The minimum absolute atomic E-state index is 0.102. The molecule has 2 aromatic carbocycles. The molecule has 0 radical (unpaired) electrons. The molecule has 0 aromatic heterocycles. The SMILES string of the molecule is Cc1cc(C)c(NC(=O)CNC(=O)COCCOc2ccccc2)c(C)c1. The third kappa shape index (κ3) is 7.11. The first-order valence-corrected chi connectivity index (χ1v) is 8.85. The van der Waals surface area contributed by atoms with Crippen LogP contribution in [0.3, 0.4) is 0 Å². The van der Waals surface area contributed by atoms with Crippen LogP contribution in [0, 0.1) is 20.8 Å². The topological polar surface area (TPSA) is 76.7 Å². The predicted molar refractivity (Wildman–Crippen MR) is 105 cm³/mol. The monoisotopic (exact) mass is 370 g/mol. The fourth-order valence-electron chi connectivity index (χ4n) is 2.69. The summed E-state index contributed by atoms with van der Waals surface area (Å²) in [6.07, 6.45) is 0. The molecule has 2 rings (SSSR count). The highest BCUT2D eigenvalue weighted by Crippen LogP contribution is 2.21. The van der Waals surface area contributed by atoms with E-state index in [-0.39, 0.29) is 31.6 Å². The number of benzene rings is 2. The molecule has 6 nitrogen and oxygen atoms in total. The van der Waals surface area contributed by atoms with Crippen molar-refractivity contribution >= 4 is 17.5 Å². The number of amides is 2. The Labute approximate surface area is 159 Å². The van der Waals surface area contributed by atoms with Crippen molar-refractivity contribution in [3.05, 3.63) is 59.2 Å². The van der Waals surface area contributed by atoms with Gasteiger partial charge in [-0.15, -0.1) is 0 Å². The number of hydrogen-bond donors (Lipinski definition) is 2. The van der Waals surface area contributed by atoms with Crippen molar-refractivity contribution in [1.82, 2.24) is 5.32 Å². The maximum atomic E-state index is 12.1. The molecule has 0 spiro atoms. The van der Waals surface area contributed by atoms with Gasteiger partial charge in [0, 0.05) is 5.69 Å². The molecule has 6 heteroatoms. The Morgan fingerprint density at radius 3 is 2.26 bits per heavy atom. The summed E-state index contributed by atoms with van der Waals surface area (Å²) in [5, 5.41) is 5.39. The van der Waals surface area contributed by atoms with Crippen molar-refractivity contribution < 1.29 is 19.1 Å². The fraction of sp³-hybridized carbons (Fsp3) is 0.333. The molecule has 0 heterocycles. The number of anilines is 1. The Morgan fingerprint density at radius 1 is 0.926 bits per heavy atom.